The molecule has 0 saturated heterocycles. The number of aromatic nitrogens is 2. The maximum atomic E-state index is 9.32. The molecule has 2 rings (SSSR count). The molecule has 7 N–H and O–H groups in total. The Morgan fingerprint density at radius 1 is 1.29 bits per heavy atom. The number of fused-ring (bicyclic) bond motifs is 1. The summed E-state index contributed by atoms with van der Waals surface area (Å²) in [6.07, 6.45) is 1.24. The van der Waals surface area contributed by atoms with E-state index in [1.54, 1.807) is 0 Å². The number of nitrogen functional groups attached to an aromatic ring is 2. The van der Waals surface area contributed by atoms with Crippen LogP contribution >= 0.6 is 0 Å². The summed E-state index contributed by atoms with van der Waals surface area (Å²) in [6, 6.07) is 1.45. The molecule has 0 radical (unpaired) electrons. The highest BCUT2D eigenvalue weighted by molar-refractivity contribution is 5.78. The lowest BCUT2D eigenvalue weighted by Crippen LogP contribution is -2.17. The Morgan fingerprint density at radius 3 is 2.57 bits per heavy atom. The van der Waals surface area contributed by atoms with Crippen molar-refractivity contribution in [1.82, 2.24) is 9.69 Å². The SMILES string of the molecule is N=c1c(N)cc2cn(O)n(O)c-2c1N. The second-order valence-corrected chi connectivity index (χ2v) is 2.93. The molecule has 1 aliphatic heterocycles. The molecule has 0 spiro atoms. The molecule has 0 atom stereocenters. The van der Waals surface area contributed by atoms with Crippen LogP contribution in [0.5, 0.6) is 0 Å². The third-order valence-electron chi connectivity index (χ3n) is 2.05. The Balaban J connectivity index is 2.99. The fraction of sp³-hybridized carbons (Fsp3) is 0. The molecule has 0 aromatic heterocycles. The van der Waals surface area contributed by atoms with Gasteiger partial charge in [0.15, 0.2) is 0 Å². The van der Waals surface area contributed by atoms with Gasteiger partial charge < -0.3 is 21.9 Å². The molecule has 74 valence electrons. The lowest BCUT2D eigenvalue weighted by Gasteiger charge is -2.05. The second-order valence-electron chi connectivity index (χ2n) is 2.93. The van der Waals surface area contributed by atoms with Crippen LogP contribution in [0.25, 0.3) is 11.3 Å². The maximum Gasteiger partial charge on any atom is 0.136 e. The summed E-state index contributed by atoms with van der Waals surface area (Å²) in [7, 11) is 0. The predicted molar refractivity (Wildman–Crippen MR) is 48.1 cm³/mol. The number of nitrogens with two attached hydrogens (primary N) is 2. The molecule has 0 aromatic carbocycles. The van der Waals surface area contributed by atoms with E-state index in [-0.39, 0.29) is 22.4 Å². The van der Waals surface area contributed by atoms with Gasteiger partial charge in [-0.15, -0.1) is 0 Å². The first-order valence-corrected chi connectivity index (χ1v) is 3.78. The molecule has 0 bridgehead atoms. The van der Waals surface area contributed by atoms with Gasteiger partial charge in [-0.25, -0.2) is 0 Å². The van der Waals surface area contributed by atoms with Crippen molar-refractivity contribution in [3.8, 4) is 11.3 Å². The Kier molecular flexibility index (Phi) is 1.39. The second kappa shape index (κ2) is 2.34. The summed E-state index contributed by atoms with van der Waals surface area (Å²) >= 11 is 0. The van der Waals surface area contributed by atoms with Gasteiger partial charge in [0.2, 0.25) is 0 Å². The van der Waals surface area contributed by atoms with E-state index >= 15 is 0 Å². The number of nitrogens with zero attached hydrogens (tertiary/aromatic N) is 2. The van der Waals surface area contributed by atoms with Crippen LogP contribution in [-0.4, -0.2) is 20.1 Å². The van der Waals surface area contributed by atoms with Gasteiger partial charge in [-0.1, -0.05) is 9.69 Å². The average molecular weight is 195 g/mol. The van der Waals surface area contributed by atoms with Gasteiger partial charge in [0.25, 0.3) is 0 Å². The molecule has 1 heterocycles. The molecule has 0 fully saturated rings. The van der Waals surface area contributed by atoms with E-state index in [0.29, 0.717) is 15.3 Å². The third kappa shape index (κ3) is 0.830. The summed E-state index contributed by atoms with van der Waals surface area (Å²) in [5.41, 5.74) is 11.9. The molecular formula is C7H9N5O2. The van der Waals surface area contributed by atoms with Gasteiger partial charge >= 0.3 is 0 Å². The maximum absolute atomic E-state index is 9.32. The van der Waals surface area contributed by atoms with Crippen LogP contribution in [0.15, 0.2) is 12.3 Å². The predicted octanol–water partition coefficient (Wildman–Crippen LogP) is -0.487. The first-order valence-electron chi connectivity index (χ1n) is 3.78. The summed E-state index contributed by atoms with van der Waals surface area (Å²) < 4.78 is 0. The molecule has 14 heavy (non-hydrogen) atoms. The van der Waals surface area contributed by atoms with Crippen molar-refractivity contribution in [3.63, 3.8) is 0 Å². The van der Waals surface area contributed by atoms with E-state index in [0.717, 1.165) is 0 Å². The van der Waals surface area contributed by atoms with Crippen LogP contribution in [0.2, 0.25) is 0 Å². The van der Waals surface area contributed by atoms with Crippen molar-refractivity contribution in [2.75, 3.05) is 11.5 Å². The summed E-state index contributed by atoms with van der Waals surface area (Å²) in [4.78, 5) is 0.905. The van der Waals surface area contributed by atoms with E-state index in [1.165, 1.54) is 12.3 Å². The largest absolute Gasteiger partial charge is 0.411 e. The monoisotopic (exact) mass is 195 g/mol. The van der Waals surface area contributed by atoms with Crippen molar-refractivity contribution in [3.05, 3.63) is 17.6 Å². The zero-order valence-electron chi connectivity index (χ0n) is 7.10. The highest BCUT2D eigenvalue weighted by Gasteiger charge is 2.18. The molecule has 0 aromatic rings. The van der Waals surface area contributed by atoms with Crippen LogP contribution in [-0.2, 0) is 0 Å². The molecular weight excluding hydrogens is 186 g/mol. The molecule has 7 heteroatoms. The first kappa shape index (κ1) is 8.30. The molecule has 2 aliphatic rings. The summed E-state index contributed by atoms with van der Waals surface area (Å²) in [5, 5.41) is 25.8. The smallest absolute Gasteiger partial charge is 0.136 e. The van der Waals surface area contributed by atoms with Crippen molar-refractivity contribution < 1.29 is 10.4 Å². The van der Waals surface area contributed by atoms with E-state index in [2.05, 4.69) is 0 Å². The van der Waals surface area contributed by atoms with Gasteiger partial charge in [-0.3, -0.25) is 5.41 Å². The van der Waals surface area contributed by atoms with Crippen LogP contribution in [0, 0.1) is 5.41 Å². The van der Waals surface area contributed by atoms with Crippen molar-refractivity contribution >= 4 is 11.4 Å². The fourth-order valence-electron chi connectivity index (χ4n) is 1.34. The number of hydrogen-bond donors (Lipinski definition) is 5. The van der Waals surface area contributed by atoms with Gasteiger partial charge in [0, 0.05) is 5.56 Å². The fourth-order valence-corrected chi connectivity index (χ4v) is 1.34. The molecule has 0 unspecified atom stereocenters. The number of hydrogen-bond acceptors (Lipinski definition) is 5. The van der Waals surface area contributed by atoms with Crippen LogP contribution < -0.4 is 16.8 Å². The standard InChI is InChI=1S/C7H9N5O2/c8-4-1-3-2-11(13)12(14)7(3)6(10)5(4)9/h1-2,9,13-14H,8,10H2. The molecule has 0 saturated carbocycles. The van der Waals surface area contributed by atoms with E-state index in [9.17, 15) is 5.21 Å². The van der Waals surface area contributed by atoms with E-state index in [4.69, 9.17) is 22.1 Å². The van der Waals surface area contributed by atoms with Crippen LogP contribution in [0.4, 0.5) is 11.4 Å². The first-order chi connectivity index (χ1) is 6.52. The topological polar surface area (TPSA) is 126 Å². The number of anilines is 2. The van der Waals surface area contributed by atoms with Gasteiger partial charge in [-0.2, -0.15) is 0 Å². The van der Waals surface area contributed by atoms with Crippen LogP contribution in [0.1, 0.15) is 0 Å². The molecule has 1 aliphatic carbocycles. The average Bonchev–Trinajstić information content (AvgIpc) is 2.39. The lowest BCUT2D eigenvalue weighted by atomic mass is 10.1. The Bertz CT molecular complexity index is 526. The van der Waals surface area contributed by atoms with Crippen molar-refractivity contribution in [2.45, 2.75) is 0 Å². The van der Waals surface area contributed by atoms with Crippen molar-refractivity contribution in [1.29, 1.82) is 5.41 Å². The Labute approximate surface area is 78.1 Å². The zero-order valence-corrected chi connectivity index (χ0v) is 7.10. The van der Waals surface area contributed by atoms with Gasteiger partial charge in [0.05, 0.1) is 17.6 Å². The van der Waals surface area contributed by atoms with Crippen LogP contribution in [0.3, 0.4) is 0 Å². The summed E-state index contributed by atoms with van der Waals surface area (Å²) in [6.45, 7) is 0. The van der Waals surface area contributed by atoms with Crippen molar-refractivity contribution in [2.24, 2.45) is 0 Å². The highest BCUT2D eigenvalue weighted by Crippen LogP contribution is 2.26. The van der Waals surface area contributed by atoms with Gasteiger partial charge in [-0.05, 0) is 6.07 Å². The minimum Gasteiger partial charge on any atom is -0.411 e. The highest BCUT2D eigenvalue weighted by atomic mass is 16.6. The Hall–Kier alpha value is -2.31. The lowest BCUT2D eigenvalue weighted by molar-refractivity contribution is -0.00653. The molecule has 0 amide bonds. The minimum absolute atomic E-state index is 0.0234. The quantitative estimate of drug-likeness (QED) is 0.287. The normalized spacial score (nSPS) is 10.9. The third-order valence-corrected chi connectivity index (χ3v) is 2.05. The Morgan fingerprint density at radius 2 is 1.93 bits per heavy atom. The number of rotatable bonds is 0. The van der Waals surface area contributed by atoms with E-state index < -0.39 is 0 Å². The zero-order chi connectivity index (χ0) is 10.5. The van der Waals surface area contributed by atoms with Gasteiger partial charge in [0.1, 0.15) is 11.1 Å². The summed E-state index contributed by atoms with van der Waals surface area (Å²) in [5.74, 6) is 0. The number of nitrogens with one attached hydrogen (secondary N) is 1. The minimum atomic E-state index is -0.0634. The molecule has 7 nitrogen and oxygen atoms in total. The van der Waals surface area contributed by atoms with E-state index in [1.807, 2.05) is 0 Å². The number of benzene rings is 1.